The van der Waals surface area contributed by atoms with E-state index in [1.165, 1.54) is 57.8 Å². The highest BCUT2D eigenvalue weighted by Crippen LogP contribution is 2.10. The van der Waals surface area contributed by atoms with E-state index < -0.39 is 0 Å². The Labute approximate surface area is 100 Å². The Morgan fingerprint density at radius 3 is 1.81 bits per heavy atom. The molecule has 0 spiro atoms. The molecule has 0 saturated carbocycles. The normalized spacial score (nSPS) is 11.1. The van der Waals surface area contributed by atoms with Crippen molar-refractivity contribution in [1.29, 1.82) is 0 Å². The van der Waals surface area contributed by atoms with Gasteiger partial charge in [-0.05, 0) is 6.42 Å². The lowest BCUT2D eigenvalue weighted by Crippen LogP contribution is -1.88. The van der Waals surface area contributed by atoms with Gasteiger partial charge in [0.05, 0.1) is 6.61 Å². The van der Waals surface area contributed by atoms with Crippen molar-refractivity contribution in [3.05, 3.63) is 12.6 Å². The molecule has 0 aromatic heterocycles. The second kappa shape index (κ2) is 14.5. The van der Waals surface area contributed by atoms with Crippen LogP contribution in [0.4, 0.5) is 4.39 Å². The molecule has 0 atom stereocenters. The molecule has 2 heteroatoms. The second-order valence-corrected chi connectivity index (χ2v) is 4.31. The highest BCUT2D eigenvalue weighted by molar-refractivity contribution is 4.57. The van der Waals surface area contributed by atoms with Gasteiger partial charge in [-0.2, -0.15) is 0 Å². The summed E-state index contributed by atoms with van der Waals surface area (Å²) < 4.78 is 16.4. The van der Waals surface area contributed by atoms with Crippen LogP contribution >= 0.6 is 0 Å². The van der Waals surface area contributed by atoms with Crippen LogP contribution in [0, 0.1) is 0 Å². The average molecular weight is 230 g/mol. The van der Waals surface area contributed by atoms with Crippen LogP contribution in [0.2, 0.25) is 0 Å². The first-order valence-corrected chi connectivity index (χ1v) is 6.78. The largest absolute Gasteiger partial charge is 0.499 e. The fourth-order valence-electron chi connectivity index (χ4n) is 1.78. The Morgan fingerprint density at radius 1 is 0.812 bits per heavy atom. The molecule has 0 saturated heterocycles. The van der Waals surface area contributed by atoms with Crippen molar-refractivity contribution >= 4 is 0 Å². The number of hydrogen-bond donors (Lipinski definition) is 0. The number of rotatable bonds is 12. The zero-order valence-electron chi connectivity index (χ0n) is 10.7. The molecule has 0 radical (unpaired) electrons. The lowest BCUT2D eigenvalue weighted by molar-refractivity contribution is 0.236. The summed E-state index contributed by atoms with van der Waals surface area (Å²) in [5, 5.41) is 0. The van der Waals surface area contributed by atoms with Crippen LogP contribution in [0.1, 0.15) is 71.1 Å². The first-order chi connectivity index (χ1) is 7.91. The van der Waals surface area contributed by atoms with Gasteiger partial charge in [0.2, 0.25) is 0 Å². The van der Waals surface area contributed by atoms with Gasteiger partial charge in [-0.3, -0.25) is 0 Å². The van der Waals surface area contributed by atoms with Gasteiger partial charge >= 0.3 is 0 Å². The Morgan fingerprint density at radius 2 is 1.31 bits per heavy atom. The molecule has 0 aromatic rings. The van der Waals surface area contributed by atoms with Crippen LogP contribution in [-0.2, 0) is 4.74 Å². The van der Waals surface area contributed by atoms with Crippen molar-refractivity contribution in [2.45, 2.75) is 71.1 Å². The summed E-state index contributed by atoms with van der Waals surface area (Å²) in [5.74, 6) is 0. The number of halogens is 1. The maximum Gasteiger partial charge on any atom is 0.121 e. The van der Waals surface area contributed by atoms with Gasteiger partial charge in [-0.25, -0.2) is 4.39 Å². The molecule has 96 valence electrons. The predicted molar refractivity (Wildman–Crippen MR) is 68.0 cm³/mol. The zero-order valence-corrected chi connectivity index (χ0v) is 10.7. The van der Waals surface area contributed by atoms with Crippen molar-refractivity contribution in [2.75, 3.05) is 6.61 Å². The molecule has 0 rings (SSSR count). The van der Waals surface area contributed by atoms with E-state index in [1.54, 1.807) is 0 Å². The molecular weight excluding hydrogens is 203 g/mol. The summed E-state index contributed by atoms with van der Waals surface area (Å²) in [6.07, 6.45) is 14.7. The molecule has 0 N–H and O–H groups in total. The van der Waals surface area contributed by atoms with Crippen LogP contribution in [-0.4, -0.2) is 6.61 Å². The van der Waals surface area contributed by atoms with Crippen molar-refractivity contribution in [3.63, 3.8) is 0 Å². The van der Waals surface area contributed by atoms with Gasteiger partial charge in [0.1, 0.15) is 12.6 Å². The quantitative estimate of drug-likeness (QED) is 0.324. The summed E-state index contributed by atoms with van der Waals surface area (Å²) in [5.41, 5.74) is 0. The summed E-state index contributed by atoms with van der Waals surface area (Å²) in [6, 6.07) is 0. The van der Waals surface area contributed by atoms with Gasteiger partial charge in [0, 0.05) is 0 Å². The van der Waals surface area contributed by atoms with Crippen molar-refractivity contribution in [3.8, 4) is 0 Å². The lowest BCUT2D eigenvalue weighted by Gasteiger charge is -2.02. The van der Waals surface area contributed by atoms with Crippen molar-refractivity contribution < 1.29 is 9.13 Å². The first-order valence-electron chi connectivity index (χ1n) is 6.78. The number of ether oxygens (including phenoxy) is 1. The topological polar surface area (TPSA) is 9.23 Å². The molecule has 0 bridgehead atoms. The van der Waals surface area contributed by atoms with E-state index in [4.69, 9.17) is 4.74 Å². The molecule has 0 fully saturated rings. The average Bonchev–Trinajstić information content (AvgIpc) is 2.31. The molecule has 16 heavy (non-hydrogen) atoms. The second-order valence-electron chi connectivity index (χ2n) is 4.31. The number of unbranched alkanes of at least 4 members (excludes halogenated alkanes) is 9. The maximum absolute atomic E-state index is 11.5. The third-order valence-corrected chi connectivity index (χ3v) is 2.76. The summed E-state index contributed by atoms with van der Waals surface area (Å²) in [6.45, 7) is 2.90. The molecule has 0 aliphatic carbocycles. The summed E-state index contributed by atoms with van der Waals surface area (Å²) >= 11 is 0. The fraction of sp³-hybridized carbons (Fsp3) is 0.857. The molecule has 1 nitrogen and oxygen atoms in total. The molecule has 0 amide bonds. The molecule has 0 aliphatic rings. The fourth-order valence-corrected chi connectivity index (χ4v) is 1.78. The van der Waals surface area contributed by atoms with E-state index in [0.29, 0.717) is 12.9 Å². The maximum atomic E-state index is 11.5. The molecule has 0 heterocycles. The van der Waals surface area contributed by atoms with Crippen molar-refractivity contribution in [2.24, 2.45) is 0 Å². The molecular formula is C14H27FO. The highest BCUT2D eigenvalue weighted by atomic mass is 19.1. The van der Waals surface area contributed by atoms with Gasteiger partial charge in [-0.15, -0.1) is 0 Å². The Hall–Kier alpha value is -0.530. The van der Waals surface area contributed by atoms with Gasteiger partial charge < -0.3 is 4.74 Å². The zero-order chi connectivity index (χ0) is 11.9. The standard InChI is InChI=1S/C14H27FO/c1-2-3-4-5-6-7-8-9-10-11-13-16-14-12-15/h12,14H,2-11,13H2,1H3. The smallest absolute Gasteiger partial charge is 0.121 e. The third-order valence-electron chi connectivity index (χ3n) is 2.76. The minimum absolute atomic E-state index is 0.441. The van der Waals surface area contributed by atoms with Crippen LogP contribution in [0.25, 0.3) is 0 Å². The minimum Gasteiger partial charge on any atom is -0.499 e. The van der Waals surface area contributed by atoms with Gasteiger partial charge in [-0.1, -0.05) is 64.7 Å². The Bertz CT molecular complexity index is 146. The van der Waals surface area contributed by atoms with E-state index in [2.05, 4.69) is 6.92 Å². The summed E-state index contributed by atoms with van der Waals surface area (Å²) in [7, 11) is 0. The number of hydrogen-bond acceptors (Lipinski definition) is 1. The lowest BCUT2D eigenvalue weighted by atomic mass is 10.1. The van der Waals surface area contributed by atoms with Crippen LogP contribution in [0.15, 0.2) is 12.6 Å². The third kappa shape index (κ3) is 13.5. The molecule has 0 unspecified atom stereocenters. The van der Waals surface area contributed by atoms with Crippen molar-refractivity contribution in [1.82, 2.24) is 0 Å². The highest BCUT2D eigenvalue weighted by Gasteiger charge is 1.92. The van der Waals surface area contributed by atoms with Gasteiger partial charge in [0.25, 0.3) is 0 Å². The van der Waals surface area contributed by atoms with E-state index >= 15 is 0 Å². The van der Waals surface area contributed by atoms with E-state index in [9.17, 15) is 4.39 Å². The Balaban J connectivity index is 2.88. The van der Waals surface area contributed by atoms with E-state index in [0.717, 1.165) is 12.7 Å². The summed E-state index contributed by atoms with van der Waals surface area (Å²) in [4.78, 5) is 0. The minimum atomic E-state index is 0.441. The first kappa shape index (κ1) is 15.5. The van der Waals surface area contributed by atoms with Crippen LogP contribution < -0.4 is 0 Å². The molecule has 0 aliphatic heterocycles. The molecule has 0 aromatic carbocycles. The van der Waals surface area contributed by atoms with Gasteiger partial charge in [0.15, 0.2) is 0 Å². The van der Waals surface area contributed by atoms with E-state index in [-0.39, 0.29) is 0 Å². The SMILES string of the molecule is CCCCCCCCCCCCOC=CF. The van der Waals surface area contributed by atoms with E-state index in [1.807, 2.05) is 0 Å². The van der Waals surface area contributed by atoms with Crippen LogP contribution in [0.5, 0.6) is 0 Å². The van der Waals surface area contributed by atoms with Crippen LogP contribution in [0.3, 0.4) is 0 Å². The predicted octanol–water partition coefficient (Wildman–Crippen LogP) is 5.36. The monoisotopic (exact) mass is 230 g/mol. The Kier molecular flexibility index (Phi) is 14.0.